The number of carbonyl (C=O) groups is 2. The van der Waals surface area contributed by atoms with E-state index in [0.717, 1.165) is 5.56 Å². The molecule has 1 saturated heterocycles. The van der Waals surface area contributed by atoms with E-state index in [-0.39, 0.29) is 17.2 Å². The second-order valence-electron chi connectivity index (χ2n) is 7.89. The first-order valence-corrected chi connectivity index (χ1v) is 11.1. The molecule has 1 heterocycles. The summed E-state index contributed by atoms with van der Waals surface area (Å²) in [6, 6.07) is 15.6. The number of likely N-dealkylation sites (tertiary alicyclic amines) is 1. The molecule has 2 aromatic carbocycles. The third-order valence-corrected chi connectivity index (χ3v) is 6.84. The maximum atomic E-state index is 12.8. The molecule has 0 bridgehead atoms. The van der Waals surface area contributed by atoms with Crippen LogP contribution in [0.25, 0.3) is 0 Å². The Labute approximate surface area is 172 Å². The van der Waals surface area contributed by atoms with Crippen LogP contribution in [-0.2, 0) is 26.0 Å². The van der Waals surface area contributed by atoms with Gasteiger partial charge < -0.3 is 4.90 Å². The minimum atomic E-state index is -3.98. The normalized spacial score (nSPS) is 19.0. The SMILES string of the molecule is CC(C)c1ccc(CC(=O)N2CCC2(C)C(=O)NS(=O)(=O)c2ccccc2)cc1. The maximum Gasteiger partial charge on any atom is 0.264 e. The molecule has 1 atom stereocenters. The first-order chi connectivity index (χ1) is 13.6. The number of rotatable bonds is 6. The third kappa shape index (κ3) is 4.34. The van der Waals surface area contributed by atoms with Crippen molar-refractivity contribution in [1.29, 1.82) is 0 Å². The predicted molar refractivity (Wildman–Crippen MR) is 111 cm³/mol. The Hall–Kier alpha value is -2.67. The number of nitrogens with zero attached hydrogens (tertiary/aromatic N) is 1. The summed E-state index contributed by atoms with van der Waals surface area (Å²) in [6.07, 6.45) is 0.591. The quantitative estimate of drug-likeness (QED) is 0.788. The van der Waals surface area contributed by atoms with Crippen LogP contribution in [0.5, 0.6) is 0 Å². The smallest absolute Gasteiger partial charge is 0.264 e. The highest BCUT2D eigenvalue weighted by molar-refractivity contribution is 7.90. The van der Waals surface area contributed by atoms with Gasteiger partial charge in [-0.25, -0.2) is 13.1 Å². The van der Waals surface area contributed by atoms with E-state index in [1.54, 1.807) is 25.1 Å². The summed E-state index contributed by atoms with van der Waals surface area (Å²) in [6.45, 7) is 6.24. The zero-order valence-electron chi connectivity index (χ0n) is 16.9. The minimum Gasteiger partial charge on any atom is -0.328 e. The lowest BCUT2D eigenvalue weighted by Gasteiger charge is -2.49. The van der Waals surface area contributed by atoms with E-state index >= 15 is 0 Å². The van der Waals surface area contributed by atoms with Gasteiger partial charge in [-0.15, -0.1) is 0 Å². The van der Waals surface area contributed by atoms with Crippen molar-refractivity contribution in [3.8, 4) is 0 Å². The number of hydrogen-bond acceptors (Lipinski definition) is 4. The summed E-state index contributed by atoms with van der Waals surface area (Å²) < 4.78 is 27.0. The molecule has 0 saturated carbocycles. The molecule has 1 aliphatic heterocycles. The monoisotopic (exact) mass is 414 g/mol. The Balaban J connectivity index is 1.68. The molecule has 1 aliphatic rings. The Kier molecular flexibility index (Phi) is 5.80. The van der Waals surface area contributed by atoms with Crippen molar-refractivity contribution >= 4 is 21.8 Å². The number of amides is 2. The van der Waals surface area contributed by atoms with Crippen LogP contribution in [0.3, 0.4) is 0 Å². The molecule has 154 valence electrons. The second-order valence-corrected chi connectivity index (χ2v) is 9.57. The van der Waals surface area contributed by atoms with Gasteiger partial charge in [-0.05, 0) is 42.5 Å². The van der Waals surface area contributed by atoms with Crippen molar-refractivity contribution < 1.29 is 18.0 Å². The van der Waals surface area contributed by atoms with Gasteiger partial charge in [-0.2, -0.15) is 0 Å². The first-order valence-electron chi connectivity index (χ1n) is 9.65. The van der Waals surface area contributed by atoms with Gasteiger partial charge in [-0.1, -0.05) is 56.3 Å². The standard InChI is InChI=1S/C22H26N2O4S/c1-16(2)18-11-9-17(10-12-18)15-20(25)24-14-13-22(24,3)21(26)23-29(27,28)19-7-5-4-6-8-19/h4-12,16H,13-15H2,1-3H3,(H,23,26). The van der Waals surface area contributed by atoms with E-state index in [4.69, 9.17) is 0 Å². The predicted octanol–water partition coefficient (Wildman–Crippen LogP) is 2.85. The number of nitrogens with one attached hydrogen (secondary N) is 1. The number of benzene rings is 2. The van der Waals surface area contributed by atoms with Crippen LogP contribution in [0.2, 0.25) is 0 Å². The van der Waals surface area contributed by atoms with E-state index in [1.165, 1.54) is 22.6 Å². The van der Waals surface area contributed by atoms with Gasteiger partial charge >= 0.3 is 0 Å². The highest BCUT2D eigenvalue weighted by Gasteiger charge is 2.50. The molecular weight excluding hydrogens is 388 g/mol. The van der Waals surface area contributed by atoms with Gasteiger partial charge in [0.25, 0.3) is 15.9 Å². The molecule has 0 aromatic heterocycles. The lowest BCUT2D eigenvalue weighted by atomic mass is 9.85. The number of hydrogen-bond donors (Lipinski definition) is 1. The molecule has 6 nitrogen and oxygen atoms in total. The molecule has 0 aliphatic carbocycles. The Morgan fingerprint density at radius 1 is 1.07 bits per heavy atom. The topological polar surface area (TPSA) is 83.6 Å². The molecule has 7 heteroatoms. The highest BCUT2D eigenvalue weighted by Crippen LogP contribution is 2.32. The average Bonchev–Trinajstić information content (AvgIpc) is 2.67. The fourth-order valence-corrected chi connectivity index (χ4v) is 4.47. The second kappa shape index (κ2) is 7.99. The molecule has 2 amide bonds. The van der Waals surface area contributed by atoms with Gasteiger partial charge in [0.05, 0.1) is 11.3 Å². The first kappa shape index (κ1) is 21.0. The van der Waals surface area contributed by atoms with Crippen LogP contribution in [0, 0.1) is 0 Å². The van der Waals surface area contributed by atoms with E-state index in [0.29, 0.717) is 18.9 Å². The fraction of sp³-hybridized carbons (Fsp3) is 0.364. The van der Waals surface area contributed by atoms with Crippen molar-refractivity contribution in [3.05, 3.63) is 65.7 Å². The molecule has 29 heavy (non-hydrogen) atoms. The Morgan fingerprint density at radius 3 is 2.21 bits per heavy atom. The van der Waals surface area contributed by atoms with E-state index in [9.17, 15) is 18.0 Å². The van der Waals surface area contributed by atoms with Crippen LogP contribution in [0.15, 0.2) is 59.5 Å². The fourth-order valence-electron chi connectivity index (χ4n) is 3.38. The molecule has 0 radical (unpaired) electrons. The van der Waals surface area contributed by atoms with E-state index in [2.05, 4.69) is 18.6 Å². The number of sulfonamides is 1. The molecule has 2 aromatic rings. The zero-order valence-corrected chi connectivity index (χ0v) is 17.7. The highest BCUT2D eigenvalue weighted by atomic mass is 32.2. The summed E-state index contributed by atoms with van der Waals surface area (Å²) in [7, 11) is -3.98. The van der Waals surface area contributed by atoms with Crippen molar-refractivity contribution in [2.24, 2.45) is 0 Å². The van der Waals surface area contributed by atoms with Crippen molar-refractivity contribution in [2.75, 3.05) is 6.54 Å². The molecule has 1 N–H and O–H groups in total. The van der Waals surface area contributed by atoms with Crippen LogP contribution in [-0.4, -0.2) is 37.2 Å². The molecular formula is C22H26N2O4S. The van der Waals surface area contributed by atoms with Crippen LogP contribution >= 0.6 is 0 Å². The van der Waals surface area contributed by atoms with Crippen LogP contribution in [0.1, 0.15) is 44.2 Å². The van der Waals surface area contributed by atoms with E-state index < -0.39 is 21.5 Å². The summed E-state index contributed by atoms with van der Waals surface area (Å²) in [5.41, 5.74) is 0.892. The van der Waals surface area contributed by atoms with Crippen molar-refractivity contribution in [3.63, 3.8) is 0 Å². The van der Waals surface area contributed by atoms with Gasteiger partial charge in [0, 0.05) is 6.54 Å². The van der Waals surface area contributed by atoms with E-state index in [1.807, 2.05) is 24.3 Å². The van der Waals surface area contributed by atoms with Crippen molar-refractivity contribution in [1.82, 2.24) is 9.62 Å². The summed E-state index contributed by atoms with van der Waals surface area (Å²) in [5, 5.41) is 0. The summed E-state index contributed by atoms with van der Waals surface area (Å²) in [4.78, 5) is 27.0. The lowest BCUT2D eigenvalue weighted by molar-refractivity contribution is -0.156. The average molecular weight is 415 g/mol. The number of carbonyl (C=O) groups excluding carboxylic acids is 2. The van der Waals surface area contributed by atoms with Gasteiger partial charge in [0.2, 0.25) is 5.91 Å². The largest absolute Gasteiger partial charge is 0.328 e. The van der Waals surface area contributed by atoms with Gasteiger partial charge in [0.15, 0.2) is 0 Å². The summed E-state index contributed by atoms with van der Waals surface area (Å²) in [5.74, 6) is -0.465. The molecule has 1 unspecified atom stereocenters. The molecule has 0 spiro atoms. The summed E-state index contributed by atoms with van der Waals surface area (Å²) >= 11 is 0. The molecule has 3 rings (SSSR count). The van der Waals surface area contributed by atoms with Crippen LogP contribution < -0.4 is 4.72 Å². The lowest BCUT2D eigenvalue weighted by Crippen LogP contribution is -2.68. The Bertz CT molecular complexity index is 1000. The zero-order chi connectivity index (χ0) is 21.2. The van der Waals surface area contributed by atoms with Gasteiger partial charge in [0.1, 0.15) is 5.54 Å². The van der Waals surface area contributed by atoms with Crippen molar-refractivity contribution in [2.45, 2.75) is 50.0 Å². The van der Waals surface area contributed by atoms with Gasteiger partial charge in [-0.3, -0.25) is 9.59 Å². The Morgan fingerprint density at radius 2 is 1.69 bits per heavy atom. The molecule has 1 fully saturated rings. The van der Waals surface area contributed by atoms with Crippen LogP contribution in [0.4, 0.5) is 0 Å². The maximum absolute atomic E-state index is 12.8. The minimum absolute atomic E-state index is 0.0133. The third-order valence-electron chi connectivity index (χ3n) is 5.49.